The van der Waals surface area contributed by atoms with E-state index in [0.717, 1.165) is 24.1 Å². The molecule has 0 aliphatic carbocycles. The van der Waals surface area contributed by atoms with Gasteiger partial charge >= 0.3 is 5.97 Å². The Hall–Kier alpha value is -3.21. The average Bonchev–Trinajstić information content (AvgIpc) is 3.28. The predicted octanol–water partition coefficient (Wildman–Crippen LogP) is 5.11. The van der Waals surface area contributed by atoms with Gasteiger partial charge < -0.3 is 14.4 Å². The van der Waals surface area contributed by atoms with Gasteiger partial charge in [0.15, 0.2) is 9.48 Å². The number of methoxy groups -OCH3 is 1. The predicted molar refractivity (Wildman–Crippen MR) is 145 cm³/mol. The Morgan fingerprint density at radius 2 is 1.72 bits per heavy atom. The lowest BCUT2D eigenvalue weighted by atomic mass is 9.95. The fourth-order valence-electron chi connectivity index (χ4n) is 4.47. The molecule has 9 heteroatoms. The van der Waals surface area contributed by atoms with E-state index in [-0.39, 0.29) is 27.9 Å². The van der Waals surface area contributed by atoms with E-state index in [1.807, 2.05) is 46.9 Å². The Kier molecular flexibility index (Phi) is 8.07. The first-order chi connectivity index (χ1) is 17.4. The quantitative estimate of drug-likeness (QED) is 0.193. The molecule has 188 valence electrons. The number of aromatic nitrogens is 2. The van der Waals surface area contributed by atoms with Crippen molar-refractivity contribution in [3.8, 4) is 11.4 Å². The summed E-state index contributed by atoms with van der Waals surface area (Å²) in [5.74, 6) is -0.281. The van der Waals surface area contributed by atoms with Crippen LogP contribution in [0.3, 0.4) is 0 Å². The minimum absolute atomic E-state index is 0.107. The average molecular weight is 601 g/mol. The number of amides is 1. The van der Waals surface area contributed by atoms with Gasteiger partial charge in [-0.1, -0.05) is 25.5 Å². The Morgan fingerprint density at radius 3 is 2.31 bits per heavy atom. The molecule has 2 aromatic carbocycles. The number of rotatable bonds is 9. The first-order valence-corrected chi connectivity index (χ1v) is 13.0. The second-order valence-corrected chi connectivity index (χ2v) is 9.51. The molecule has 0 saturated carbocycles. The van der Waals surface area contributed by atoms with Gasteiger partial charge in [0.2, 0.25) is 0 Å². The summed E-state index contributed by atoms with van der Waals surface area (Å²) in [7, 11) is 1.58. The van der Waals surface area contributed by atoms with E-state index in [9.17, 15) is 14.4 Å². The standard InChI is InChI=1S/C27H28IN3O5/c1-4-6-21(25(28)32)17-7-9-18(10-8-17)30-16-15-22-23(27(34)36-5-2)29-31(24(22)26(30)33)19-11-13-20(35-3)14-12-19/h7-14,21H,4-6,15-16H2,1-3H3. The van der Waals surface area contributed by atoms with Crippen molar-refractivity contribution >= 4 is 43.9 Å². The van der Waals surface area contributed by atoms with E-state index in [4.69, 9.17) is 9.47 Å². The minimum Gasteiger partial charge on any atom is -0.497 e. The number of nitrogens with zero attached hydrogens (tertiary/aromatic N) is 3. The molecule has 0 N–H and O–H groups in total. The minimum atomic E-state index is -0.544. The molecule has 1 atom stereocenters. The van der Waals surface area contributed by atoms with Gasteiger partial charge in [0.1, 0.15) is 11.4 Å². The molecule has 2 heterocycles. The van der Waals surface area contributed by atoms with E-state index < -0.39 is 5.97 Å². The molecule has 0 spiro atoms. The highest BCUT2D eigenvalue weighted by atomic mass is 127. The molecular formula is C27H28IN3O5. The van der Waals surface area contributed by atoms with Crippen LogP contribution in [0.15, 0.2) is 48.5 Å². The molecule has 1 unspecified atom stereocenters. The molecule has 3 aromatic rings. The summed E-state index contributed by atoms with van der Waals surface area (Å²) in [5.41, 5.74) is 3.39. The molecule has 1 aliphatic heterocycles. The molecule has 1 aliphatic rings. The van der Waals surface area contributed by atoms with Crippen molar-refractivity contribution < 1.29 is 23.9 Å². The second-order valence-electron chi connectivity index (χ2n) is 8.45. The summed E-state index contributed by atoms with van der Waals surface area (Å²) in [6.07, 6.45) is 2.15. The lowest BCUT2D eigenvalue weighted by Gasteiger charge is -2.28. The van der Waals surface area contributed by atoms with Crippen molar-refractivity contribution in [2.24, 2.45) is 0 Å². The van der Waals surface area contributed by atoms with E-state index >= 15 is 0 Å². The fourth-order valence-corrected chi connectivity index (χ4v) is 5.14. The van der Waals surface area contributed by atoms with Gasteiger partial charge in [0.05, 0.1) is 25.3 Å². The zero-order valence-corrected chi connectivity index (χ0v) is 22.7. The van der Waals surface area contributed by atoms with Crippen LogP contribution in [-0.2, 0) is 16.0 Å². The van der Waals surface area contributed by atoms with E-state index in [1.54, 1.807) is 43.2 Å². The Balaban J connectivity index is 1.72. The van der Waals surface area contributed by atoms with E-state index in [2.05, 4.69) is 12.0 Å². The van der Waals surface area contributed by atoms with Crippen LogP contribution < -0.4 is 9.64 Å². The molecule has 36 heavy (non-hydrogen) atoms. The van der Waals surface area contributed by atoms with Crippen LogP contribution in [0.2, 0.25) is 0 Å². The monoisotopic (exact) mass is 601 g/mol. The number of halogens is 1. The normalized spacial score (nSPS) is 13.8. The van der Waals surface area contributed by atoms with Gasteiger partial charge in [-0.3, -0.25) is 9.59 Å². The number of fused-ring (bicyclic) bond motifs is 1. The number of esters is 1. The van der Waals surface area contributed by atoms with Crippen LogP contribution in [0.25, 0.3) is 5.69 Å². The fraction of sp³-hybridized carbons (Fsp3) is 0.333. The molecule has 1 aromatic heterocycles. The van der Waals surface area contributed by atoms with Crippen molar-refractivity contribution in [1.29, 1.82) is 0 Å². The summed E-state index contributed by atoms with van der Waals surface area (Å²) in [6.45, 7) is 4.41. The van der Waals surface area contributed by atoms with Crippen LogP contribution in [0.4, 0.5) is 5.69 Å². The number of benzene rings is 2. The maximum Gasteiger partial charge on any atom is 0.359 e. The lowest BCUT2D eigenvalue weighted by Crippen LogP contribution is -2.39. The van der Waals surface area contributed by atoms with Gasteiger partial charge in [-0.2, -0.15) is 5.10 Å². The van der Waals surface area contributed by atoms with Crippen molar-refractivity contribution in [2.45, 2.75) is 39.0 Å². The Labute approximate surface area is 223 Å². The third-order valence-electron chi connectivity index (χ3n) is 6.26. The highest BCUT2D eigenvalue weighted by molar-refractivity contribution is 14.1. The Morgan fingerprint density at radius 1 is 1.06 bits per heavy atom. The summed E-state index contributed by atoms with van der Waals surface area (Å²) in [4.78, 5) is 40.2. The smallest absolute Gasteiger partial charge is 0.359 e. The van der Waals surface area contributed by atoms with Crippen molar-refractivity contribution in [3.63, 3.8) is 0 Å². The number of carbonyl (C=O) groups excluding carboxylic acids is 3. The number of anilines is 1. The van der Waals surface area contributed by atoms with Crippen molar-refractivity contribution in [2.75, 3.05) is 25.2 Å². The first kappa shape index (κ1) is 25.9. The van der Waals surface area contributed by atoms with Gasteiger partial charge in [-0.05, 0) is 61.7 Å². The van der Waals surface area contributed by atoms with E-state index in [1.165, 1.54) is 4.68 Å². The van der Waals surface area contributed by atoms with Gasteiger partial charge in [-0.15, -0.1) is 0 Å². The topological polar surface area (TPSA) is 90.7 Å². The van der Waals surface area contributed by atoms with Gasteiger partial charge in [-0.25, -0.2) is 9.48 Å². The maximum absolute atomic E-state index is 13.8. The third kappa shape index (κ3) is 5.02. The largest absolute Gasteiger partial charge is 0.497 e. The second kappa shape index (κ2) is 11.2. The van der Waals surface area contributed by atoms with Gasteiger partial charge in [0, 0.05) is 40.4 Å². The molecule has 4 rings (SSSR count). The van der Waals surface area contributed by atoms with Crippen LogP contribution >= 0.6 is 22.6 Å². The maximum atomic E-state index is 13.8. The highest BCUT2D eigenvalue weighted by Gasteiger charge is 2.35. The van der Waals surface area contributed by atoms with Crippen LogP contribution in [-0.4, -0.2) is 45.7 Å². The van der Waals surface area contributed by atoms with Gasteiger partial charge in [0.25, 0.3) is 5.91 Å². The summed E-state index contributed by atoms with van der Waals surface area (Å²) < 4.78 is 12.1. The van der Waals surface area contributed by atoms with Crippen molar-refractivity contribution in [1.82, 2.24) is 9.78 Å². The summed E-state index contributed by atoms with van der Waals surface area (Å²) >= 11 is 1.85. The summed E-state index contributed by atoms with van der Waals surface area (Å²) in [6, 6.07) is 14.7. The zero-order chi connectivity index (χ0) is 25.8. The first-order valence-electron chi connectivity index (χ1n) is 11.9. The molecule has 8 nitrogen and oxygen atoms in total. The third-order valence-corrected chi connectivity index (χ3v) is 7.01. The number of hydrogen-bond donors (Lipinski definition) is 0. The molecule has 1 amide bonds. The molecule has 0 bridgehead atoms. The molecule has 0 radical (unpaired) electrons. The highest BCUT2D eigenvalue weighted by Crippen LogP contribution is 2.32. The molecule has 0 fully saturated rings. The molecule has 0 saturated heterocycles. The van der Waals surface area contributed by atoms with Crippen LogP contribution in [0.5, 0.6) is 5.75 Å². The van der Waals surface area contributed by atoms with Crippen molar-refractivity contribution in [3.05, 3.63) is 71.0 Å². The number of carbonyl (C=O) groups is 3. The van der Waals surface area contributed by atoms with E-state index in [0.29, 0.717) is 35.7 Å². The summed E-state index contributed by atoms with van der Waals surface area (Å²) in [5, 5.41) is 4.51. The van der Waals surface area contributed by atoms with Crippen LogP contribution in [0.1, 0.15) is 64.7 Å². The van der Waals surface area contributed by atoms with Crippen LogP contribution in [0, 0.1) is 0 Å². The number of hydrogen-bond acceptors (Lipinski definition) is 6. The number of ether oxygens (including phenoxy) is 2. The SMILES string of the molecule is CCCC(C(=O)I)c1ccc(N2CCc3c(C(=O)OCC)nn(-c4ccc(OC)cc4)c3C2=O)cc1. The Bertz CT molecular complexity index is 1270. The molecular weight excluding hydrogens is 573 g/mol. The lowest BCUT2D eigenvalue weighted by molar-refractivity contribution is -0.110. The zero-order valence-electron chi connectivity index (χ0n) is 20.5.